The highest BCUT2D eigenvalue weighted by Gasteiger charge is 2.23. The molecule has 1 aromatic rings. The van der Waals surface area contributed by atoms with Gasteiger partial charge in [0.2, 0.25) is 0 Å². The van der Waals surface area contributed by atoms with Crippen molar-refractivity contribution in [2.75, 3.05) is 6.61 Å². The zero-order chi connectivity index (χ0) is 11.5. The summed E-state index contributed by atoms with van der Waals surface area (Å²) in [6.07, 6.45) is 1.96. The smallest absolute Gasteiger partial charge is 0.132 e. The lowest BCUT2D eigenvalue weighted by atomic mass is 9.84. The van der Waals surface area contributed by atoms with Crippen LogP contribution in [-0.4, -0.2) is 12.4 Å². The summed E-state index contributed by atoms with van der Waals surface area (Å²) in [5.74, 6) is 1.90. The molecule has 0 spiro atoms. The summed E-state index contributed by atoms with van der Waals surface area (Å²) >= 11 is 0. The van der Waals surface area contributed by atoms with E-state index in [2.05, 4.69) is 6.07 Å². The van der Waals surface area contributed by atoms with Gasteiger partial charge in [-0.2, -0.15) is 0 Å². The second kappa shape index (κ2) is 4.69. The summed E-state index contributed by atoms with van der Waals surface area (Å²) in [6.45, 7) is 4.46. The van der Waals surface area contributed by atoms with Gasteiger partial charge in [0, 0.05) is 5.92 Å². The fraction of sp³-hybridized carbons (Fsp3) is 0.500. The van der Waals surface area contributed by atoms with Crippen LogP contribution >= 0.6 is 0 Å². The zero-order valence-electron chi connectivity index (χ0n) is 9.90. The number of hydrogen-bond acceptors (Lipinski definition) is 2. The zero-order valence-corrected chi connectivity index (χ0v) is 9.90. The highest BCUT2D eigenvalue weighted by Crippen LogP contribution is 2.37. The topological polar surface area (TPSA) is 26.3 Å². The van der Waals surface area contributed by atoms with Crippen molar-refractivity contribution in [1.82, 2.24) is 0 Å². The van der Waals surface area contributed by atoms with Crippen LogP contribution in [0.1, 0.15) is 38.2 Å². The first-order valence-electron chi connectivity index (χ1n) is 5.90. The van der Waals surface area contributed by atoms with E-state index < -0.39 is 0 Å². The van der Waals surface area contributed by atoms with Crippen molar-refractivity contribution in [2.45, 2.75) is 32.6 Å². The number of benzene rings is 1. The molecule has 0 fully saturated rings. The molecule has 2 atom stereocenters. The molecule has 0 radical (unpaired) electrons. The van der Waals surface area contributed by atoms with E-state index in [1.54, 1.807) is 6.92 Å². The predicted molar refractivity (Wildman–Crippen MR) is 63.8 cm³/mol. The Hall–Kier alpha value is -1.31. The first-order chi connectivity index (χ1) is 7.68. The lowest BCUT2D eigenvalue weighted by molar-refractivity contribution is -0.120. The first kappa shape index (κ1) is 11.2. The molecule has 0 saturated carbocycles. The minimum absolute atomic E-state index is 0.149. The normalized spacial score (nSPS) is 20.8. The number of hydrogen-bond donors (Lipinski definition) is 0. The van der Waals surface area contributed by atoms with Gasteiger partial charge in [-0.3, -0.25) is 4.79 Å². The van der Waals surface area contributed by atoms with E-state index >= 15 is 0 Å². The molecule has 1 aliphatic heterocycles. The van der Waals surface area contributed by atoms with Gasteiger partial charge in [0.1, 0.15) is 11.5 Å². The van der Waals surface area contributed by atoms with Crippen molar-refractivity contribution in [2.24, 2.45) is 5.92 Å². The third-order valence-electron chi connectivity index (χ3n) is 3.41. The lowest BCUT2D eigenvalue weighted by Gasteiger charge is -2.27. The van der Waals surface area contributed by atoms with Crippen LogP contribution in [0.3, 0.4) is 0 Å². The van der Waals surface area contributed by atoms with Crippen LogP contribution in [0.15, 0.2) is 24.3 Å². The molecular weight excluding hydrogens is 200 g/mol. The first-order valence-corrected chi connectivity index (χ1v) is 5.90. The number of ketones is 1. The molecule has 0 aliphatic carbocycles. The van der Waals surface area contributed by atoms with Gasteiger partial charge in [-0.25, -0.2) is 0 Å². The van der Waals surface area contributed by atoms with E-state index in [4.69, 9.17) is 4.74 Å². The number of Topliss-reactive ketones (excluding diaryl/α,β-unsaturated/α-hetero) is 1. The molecule has 2 rings (SSSR count). The van der Waals surface area contributed by atoms with Gasteiger partial charge in [0.15, 0.2) is 0 Å². The fourth-order valence-electron chi connectivity index (χ4n) is 2.25. The number of carbonyl (C=O) groups excluding carboxylic acids is 1. The maximum atomic E-state index is 11.3. The maximum absolute atomic E-state index is 11.3. The average molecular weight is 218 g/mol. The largest absolute Gasteiger partial charge is 0.493 e. The molecule has 86 valence electrons. The van der Waals surface area contributed by atoms with Crippen molar-refractivity contribution in [3.63, 3.8) is 0 Å². The summed E-state index contributed by atoms with van der Waals surface area (Å²) in [6, 6.07) is 8.17. The standard InChI is InChI=1S/C14H18O2/c1-10(11(2)15)9-12-7-8-16-14-6-4-3-5-13(12)14/h3-6,10,12H,7-9H2,1-2H3. The molecule has 16 heavy (non-hydrogen) atoms. The highest BCUT2D eigenvalue weighted by atomic mass is 16.5. The number of para-hydroxylation sites is 1. The van der Waals surface area contributed by atoms with E-state index in [0.29, 0.717) is 5.92 Å². The Bertz CT molecular complexity index is 384. The van der Waals surface area contributed by atoms with Gasteiger partial charge in [-0.05, 0) is 37.3 Å². The number of fused-ring (bicyclic) bond motifs is 1. The Balaban J connectivity index is 2.16. The van der Waals surface area contributed by atoms with Gasteiger partial charge in [0.05, 0.1) is 6.61 Å². The van der Waals surface area contributed by atoms with Crippen LogP contribution in [0.25, 0.3) is 0 Å². The fourth-order valence-corrected chi connectivity index (χ4v) is 2.25. The average Bonchev–Trinajstić information content (AvgIpc) is 2.29. The monoisotopic (exact) mass is 218 g/mol. The van der Waals surface area contributed by atoms with Crippen LogP contribution in [0, 0.1) is 5.92 Å². The molecule has 0 saturated heterocycles. The molecule has 1 aromatic carbocycles. The number of carbonyl (C=O) groups is 1. The minimum Gasteiger partial charge on any atom is -0.493 e. The van der Waals surface area contributed by atoms with Gasteiger partial charge in [-0.15, -0.1) is 0 Å². The predicted octanol–water partition coefficient (Wildman–Crippen LogP) is 3.17. The van der Waals surface area contributed by atoms with E-state index in [0.717, 1.165) is 25.2 Å². The van der Waals surface area contributed by atoms with Gasteiger partial charge in [-0.1, -0.05) is 25.1 Å². The van der Waals surface area contributed by atoms with Crippen LogP contribution in [-0.2, 0) is 4.79 Å². The number of rotatable bonds is 3. The summed E-state index contributed by atoms with van der Waals surface area (Å²) in [4.78, 5) is 11.3. The van der Waals surface area contributed by atoms with Crippen LogP contribution in [0.5, 0.6) is 5.75 Å². The summed E-state index contributed by atoms with van der Waals surface area (Å²) < 4.78 is 5.61. The quantitative estimate of drug-likeness (QED) is 0.779. The molecule has 1 heterocycles. The van der Waals surface area contributed by atoms with E-state index in [1.165, 1.54) is 5.56 Å². The third-order valence-corrected chi connectivity index (χ3v) is 3.41. The molecule has 0 bridgehead atoms. The Morgan fingerprint density at radius 3 is 3.00 bits per heavy atom. The lowest BCUT2D eigenvalue weighted by Crippen LogP contribution is -2.18. The molecule has 2 unspecified atom stereocenters. The minimum atomic E-state index is 0.149. The molecule has 0 N–H and O–H groups in total. The molecule has 0 amide bonds. The second-order valence-electron chi connectivity index (χ2n) is 4.62. The Morgan fingerprint density at radius 2 is 2.25 bits per heavy atom. The van der Waals surface area contributed by atoms with Crippen molar-refractivity contribution >= 4 is 5.78 Å². The van der Waals surface area contributed by atoms with Crippen LogP contribution in [0.2, 0.25) is 0 Å². The molecule has 2 nitrogen and oxygen atoms in total. The molecular formula is C14H18O2. The van der Waals surface area contributed by atoms with Crippen molar-refractivity contribution in [3.05, 3.63) is 29.8 Å². The van der Waals surface area contributed by atoms with Crippen LogP contribution in [0.4, 0.5) is 0 Å². The maximum Gasteiger partial charge on any atom is 0.132 e. The van der Waals surface area contributed by atoms with Crippen molar-refractivity contribution in [3.8, 4) is 5.75 Å². The van der Waals surface area contributed by atoms with Crippen LogP contribution < -0.4 is 4.74 Å². The summed E-state index contributed by atoms with van der Waals surface area (Å²) in [7, 11) is 0. The Kier molecular flexibility index (Phi) is 3.28. The van der Waals surface area contributed by atoms with Crippen molar-refractivity contribution < 1.29 is 9.53 Å². The van der Waals surface area contributed by atoms with E-state index in [9.17, 15) is 4.79 Å². The Morgan fingerprint density at radius 1 is 1.50 bits per heavy atom. The summed E-state index contributed by atoms with van der Waals surface area (Å²) in [5.41, 5.74) is 1.27. The summed E-state index contributed by atoms with van der Waals surface area (Å²) in [5, 5.41) is 0. The van der Waals surface area contributed by atoms with Gasteiger partial charge < -0.3 is 4.74 Å². The molecule has 0 aromatic heterocycles. The SMILES string of the molecule is CC(=O)C(C)CC1CCOc2ccccc21. The third kappa shape index (κ3) is 2.26. The van der Waals surface area contributed by atoms with Crippen molar-refractivity contribution in [1.29, 1.82) is 0 Å². The van der Waals surface area contributed by atoms with E-state index in [1.807, 2.05) is 25.1 Å². The highest BCUT2D eigenvalue weighted by molar-refractivity contribution is 5.77. The Labute approximate surface area is 96.6 Å². The number of ether oxygens (including phenoxy) is 1. The van der Waals surface area contributed by atoms with Gasteiger partial charge >= 0.3 is 0 Å². The van der Waals surface area contributed by atoms with E-state index in [-0.39, 0.29) is 11.7 Å². The second-order valence-corrected chi connectivity index (χ2v) is 4.62. The molecule has 2 heteroatoms. The van der Waals surface area contributed by atoms with Gasteiger partial charge in [0.25, 0.3) is 0 Å². The molecule has 1 aliphatic rings.